The van der Waals surface area contributed by atoms with Gasteiger partial charge in [0.1, 0.15) is 0 Å². The molecule has 78 valence electrons. The van der Waals surface area contributed by atoms with E-state index in [0.29, 0.717) is 16.5 Å². The van der Waals surface area contributed by atoms with Crippen LogP contribution in [0, 0.1) is 0 Å². The van der Waals surface area contributed by atoms with Crippen molar-refractivity contribution in [3.8, 4) is 11.5 Å². The second kappa shape index (κ2) is 4.70. The fourth-order valence-corrected chi connectivity index (χ4v) is 1.37. The predicted molar refractivity (Wildman–Crippen MR) is 53.8 cm³/mol. The molecule has 6 heteroatoms. The van der Waals surface area contributed by atoms with Gasteiger partial charge in [-0.1, -0.05) is 11.6 Å². The van der Waals surface area contributed by atoms with Crippen LogP contribution in [0.4, 0.5) is 0 Å². The van der Waals surface area contributed by atoms with Crippen molar-refractivity contribution in [2.75, 3.05) is 6.79 Å². The maximum atomic E-state index is 5.92. The highest BCUT2D eigenvalue weighted by molar-refractivity contribution is 6.31. The summed E-state index contributed by atoms with van der Waals surface area (Å²) < 4.78 is 10.3. The van der Waals surface area contributed by atoms with Gasteiger partial charge in [0, 0.05) is 11.6 Å². The lowest BCUT2D eigenvalue weighted by Crippen LogP contribution is -1.99. The molecule has 0 atom stereocenters. The molecule has 1 aromatic carbocycles. The first-order valence-corrected chi connectivity index (χ1v) is 4.09. The maximum absolute atomic E-state index is 5.92. The smallest absolute Gasteiger partial charge is 0.231 e. The Balaban J connectivity index is 0.000000980. The number of benzene rings is 1. The van der Waals surface area contributed by atoms with Crippen LogP contribution >= 0.6 is 24.0 Å². The highest BCUT2D eigenvalue weighted by atomic mass is 35.5. The number of hydrogen-bond acceptors (Lipinski definition) is 4. The van der Waals surface area contributed by atoms with Gasteiger partial charge in [0.2, 0.25) is 6.79 Å². The lowest BCUT2D eigenvalue weighted by atomic mass is 10.2. The van der Waals surface area contributed by atoms with Crippen LogP contribution in [0.2, 0.25) is 5.02 Å². The van der Waals surface area contributed by atoms with Crippen LogP contribution < -0.4 is 15.4 Å². The van der Waals surface area contributed by atoms with Crippen molar-refractivity contribution in [1.82, 2.24) is 0 Å². The Bertz CT molecular complexity index is 333. The summed E-state index contributed by atoms with van der Waals surface area (Å²) in [6.07, 6.45) is 0. The molecule has 14 heavy (non-hydrogen) atoms. The topological polar surface area (TPSA) is 53.7 Å². The van der Waals surface area contributed by atoms with Gasteiger partial charge >= 0.3 is 0 Å². The van der Waals surface area contributed by atoms with E-state index in [1.165, 1.54) is 0 Å². The molecule has 0 aromatic heterocycles. The van der Waals surface area contributed by atoms with E-state index in [2.05, 4.69) is 4.84 Å². The summed E-state index contributed by atoms with van der Waals surface area (Å²) in [5, 5.41) is 0.565. The van der Waals surface area contributed by atoms with Crippen LogP contribution in [0.1, 0.15) is 5.56 Å². The Hall–Kier alpha value is -0.680. The number of fused-ring (bicyclic) bond motifs is 1. The van der Waals surface area contributed by atoms with Crippen molar-refractivity contribution in [1.29, 1.82) is 0 Å². The lowest BCUT2D eigenvalue weighted by molar-refractivity contribution is 0.124. The molecular weight excluding hydrogens is 229 g/mol. The minimum Gasteiger partial charge on any atom is -0.454 e. The number of nitrogens with two attached hydrogens (primary N) is 1. The molecule has 0 fully saturated rings. The van der Waals surface area contributed by atoms with Gasteiger partial charge in [-0.2, -0.15) is 0 Å². The SMILES string of the molecule is Cl.NOCc1cc2c(cc1Cl)OCO2. The van der Waals surface area contributed by atoms with Crippen molar-refractivity contribution >= 4 is 24.0 Å². The van der Waals surface area contributed by atoms with E-state index in [-0.39, 0.29) is 25.8 Å². The lowest BCUT2D eigenvalue weighted by Gasteiger charge is -2.03. The Labute approximate surface area is 92.2 Å². The summed E-state index contributed by atoms with van der Waals surface area (Å²) in [6, 6.07) is 3.45. The van der Waals surface area contributed by atoms with Gasteiger partial charge in [0.15, 0.2) is 11.5 Å². The minimum absolute atomic E-state index is 0. The first-order chi connectivity index (χ1) is 6.31. The molecule has 1 aliphatic heterocycles. The van der Waals surface area contributed by atoms with Gasteiger partial charge in [-0.15, -0.1) is 12.4 Å². The zero-order valence-electron chi connectivity index (χ0n) is 7.16. The Kier molecular flexibility index (Phi) is 3.83. The average Bonchev–Trinajstić information content (AvgIpc) is 2.52. The monoisotopic (exact) mass is 237 g/mol. The fraction of sp³-hybridized carbons (Fsp3) is 0.250. The van der Waals surface area contributed by atoms with E-state index in [1.54, 1.807) is 12.1 Å². The molecule has 4 nitrogen and oxygen atoms in total. The first-order valence-electron chi connectivity index (χ1n) is 3.71. The third kappa shape index (κ3) is 2.04. The van der Waals surface area contributed by atoms with E-state index in [9.17, 15) is 0 Å². The largest absolute Gasteiger partial charge is 0.454 e. The van der Waals surface area contributed by atoms with Crippen molar-refractivity contribution in [2.24, 2.45) is 5.90 Å². The molecular formula is C8H9Cl2NO3. The summed E-state index contributed by atoms with van der Waals surface area (Å²) in [7, 11) is 0. The van der Waals surface area contributed by atoms with Gasteiger partial charge in [-0.05, 0) is 6.07 Å². The average molecular weight is 238 g/mol. The van der Waals surface area contributed by atoms with Crippen LogP contribution in [-0.4, -0.2) is 6.79 Å². The molecule has 0 saturated carbocycles. The molecule has 2 N–H and O–H groups in total. The minimum atomic E-state index is 0. The van der Waals surface area contributed by atoms with E-state index in [4.69, 9.17) is 27.0 Å². The van der Waals surface area contributed by atoms with Crippen LogP contribution in [0.5, 0.6) is 11.5 Å². The van der Waals surface area contributed by atoms with Gasteiger partial charge in [-0.25, -0.2) is 5.90 Å². The van der Waals surface area contributed by atoms with Crippen LogP contribution in [0.25, 0.3) is 0 Å². The van der Waals surface area contributed by atoms with Crippen LogP contribution in [-0.2, 0) is 11.4 Å². The molecule has 0 radical (unpaired) electrons. The second-order valence-electron chi connectivity index (χ2n) is 2.61. The maximum Gasteiger partial charge on any atom is 0.231 e. The second-order valence-corrected chi connectivity index (χ2v) is 3.02. The third-order valence-corrected chi connectivity index (χ3v) is 2.13. The summed E-state index contributed by atoms with van der Waals surface area (Å²) in [6.45, 7) is 0.494. The Morgan fingerprint density at radius 1 is 1.36 bits per heavy atom. The molecule has 0 aliphatic carbocycles. The van der Waals surface area contributed by atoms with Crippen LogP contribution in [0.15, 0.2) is 12.1 Å². The summed E-state index contributed by atoms with van der Waals surface area (Å²) in [5.74, 6) is 6.28. The van der Waals surface area contributed by atoms with E-state index in [0.717, 1.165) is 5.56 Å². The third-order valence-electron chi connectivity index (χ3n) is 1.78. The van der Waals surface area contributed by atoms with Gasteiger partial charge in [0.05, 0.1) is 11.6 Å². The number of rotatable bonds is 2. The zero-order chi connectivity index (χ0) is 9.26. The number of ether oxygens (including phenoxy) is 2. The van der Waals surface area contributed by atoms with Crippen molar-refractivity contribution in [3.63, 3.8) is 0 Å². The van der Waals surface area contributed by atoms with E-state index < -0.39 is 0 Å². The number of halogens is 2. The van der Waals surface area contributed by atoms with Gasteiger partial charge < -0.3 is 9.47 Å². The molecule has 1 heterocycles. The van der Waals surface area contributed by atoms with Gasteiger partial charge in [-0.3, -0.25) is 4.84 Å². The predicted octanol–water partition coefficient (Wildman–Crippen LogP) is 1.88. The highest BCUT2D eigenvalue weighted by Crippen LogP contribution is 2.36. The van der Waals surface area contributed by atoms with E-state index in [1.807, 2.05) is 0 Å². The fourth-order valence-electron chi connectivity index (χ4n) is 1.16. The molecule has 0 amide bonds. The van der Waals surface area contributed by atoms with Gasteiger partial charge in [0.25, 0.3) is 0 Å². The van der Waals surface area contributed by atoms with Crippen molar-refractivity contribution in [2.45, 2.75) is 6.61 Å². The molecule has 0 unspecified atom stereocenters. The standard InChI is InChI=1S/C8H8ClNO3.ClH/c9-6-2-8-7(11-4-12-8)1-5(6)3-13-10;/h1-2H,3-4,10H2;1H. The number of hydrogen-bond donors (Lipinski definition) is 1. The normalized spacial score (nSPS) is 12.4. The molecule has 0 saturated heterocycles. The van der Waals surface area contributed by atoms with Crippen molar-refractivity contribution in [3.05, 3.63) is 22.7 Å². The first kappa shape index (κ1) is 11.4. The Morgan fingerprint density at radius 3 is 2.64 bits per heavy atom. The van der Waals surface area contributed by atoms with Crippen molar-refractivity contribution < 1.29 is 14.3 Å². The summed E-state index contributed by atoms with van der Waals surface area (Å²) in [5.41, 5.74) is 0.786. The molecule has 1 aliphatic rings. The molecule has 0 bridgehead atoms. The quantitative estimate of drug-likeness (QED) is 0.799. The molecule has 2 rings (SSSR count). The molecule has 0 spiro atoms. The summed E-state index contributed by atoms with van der Waals surface area (Å²) >= 11 is 5.92. The van der Waals surface area contributed by atoms with E-state index >= 15 is 0 Å². The highest BCUT2D eigenvalue weighted by Gasteiger charge is 2.16. The van der Waals surface area contributed by atoms with Crippen LogP contribution in [0.3, 0.4) is 0 Å². The zero-order valence-corrected chi connectivity index (χ0v) is 8.73. The Morgan fingerprint density at radius 2 is 2.00 bits per heavy atom. The summed E-state index contributed by atoms with van der Waals surface area (Å²) in [4.78, 5) is 4.49. The molecule has 1 aromatic rings.